The van der Waals surface area contributed by atoms with Gasteiger partial charge in [0.05, 0.1) is 16.9 Å². The number of carbonyl (C=O) groups excluding carboxylic acids is 1. The molecule has 1 fully saturated rings. The summed E-state index contributed by atoms with van der Waals surface area (Å²) in [6.07, 6.45) is 3.44. The van der Waals surface area contributed by atoms with Gasteiger partial charge in [-0.25, -0.2) is 0 Å². The third kappa shape index (κ3) is 6.02. The van der Waals surface area contributed by atoms with Crippen LogP contribution in [0, 0.1) is 0 Å². The fraction of sp³-hybridized carbons (Fsp3) is 0.625. The predicted molar refractivity (Wildman–Crippen MR) is 129 cm³/mol. The van der Waals surface area contributed by atoms with E-state index in [9.17, 15) is 9.90 Å². The molecule has 0 aliphatic carbocycles. The molecule has 1 aliphatic rings. The van der Waals surface area contributed by atoms with Crippen LogP contribution in [0.15, 0.2) is 17.0 Å². The van der Waals surface area contributed by atoms with Crippen molar-refractivity contribution < 1.29 is 9.90 Å². The number of hydrogen-bond donors (Lipinski definition) is 2. The first kappa shape index (κ1) is 24.8. The summed E-state index contributed by atoms with van der Waals surface area (Å²) in [6.45, 7) is 13.5. The number of rotatable bonds is 6. The van der Waals surface area contributed by atoms with E-state index in [1.54, 1.807) is 4.90 Å². The van der Waals surface area contributed by atoms with Crippen molar-refractivity contribution in [3.8, 4) is 5.75 Å². The van der Waals surface area contributed by atoms with Gasteiger partial charge in [-0.1, -0.05) is 53.3 Å². The molecule has 1 amide bonds. The number of phenolic OH excluding ortho intramolecular Hbond substituents is 1. The highest BCUT2D eigenvalue weighted by Gasteiger charge is 2.31. The molecule has 168 valence electrons. The van der Waals surface area contributed by atoms with E-state index in [1.807, 2.05) is 32.3 Å². The number of hydrogen-bond acceptors (Lipinski definition) is 5. The predicted octanol–water partition coefficient (Wildman–Crippen LogP) is 4.49. The molecule has 2 rings (SSSR count). The number of benzene rings is 1. The van der Waals surface area contributed by atoms with Crippen LogP contribution in [0.3, 0.4) is 0 Å². The summed E-state index contributed by atoms with van der Waals surface area (Å²) < 4.78 is 0. The van der Waals surface area contributed by atoms with Gasteiger partial charge in [-0.2, -0.15) is 0 Å². The van der Waals surface area contributed by atoms with Crippen LogP contribution in [-0.4, -0.2) is 53.5 Å². The van der Waals surface area contributed by atoms with Crippen molar-refractivity contribution in [1.82, 2.24) is 9.80 Å². The summed E-state index contributed by atoms with van der Waals surface area (Å²) in [5.74, 6) is 0.941. The number of thioether (sulfide) groups is 1. The van der Waals surface area contributed by atoms with E-state index in [2.05, 4.69) is 46.4 Å². The van der Waals surface area contributed by atoms with Gasteiger partial charge in [-0.3, -0.25) is 4.79 Å². The molecule has 3 N–H and O–H groups in total. The first-order valence-corrected chi connectivity index (χ1v) is 11.6. The standard InChI is InChI=1S/C24H39N3O2S/c1-23(2,3)17-12-16(13-18(21(17)28)24(4,5)6)14-19-22(29)27(15-30-19)20(25)10-9-11-26(7)8/h12-14,20,28H,9-11,15,25H2,1-8H3. The second kappa shape index (κ2) is 9.33. The lowest BCUT2D eigenvalue weighted by Gasteiger charge is -2.28. The summed E-state index contributed by atoms with van der Waals surface area (Å²) in [5.41, 5.74) is 8.64. The van der Waals surface area contributed by atoms with E-state index in [0.29, 0.717) is 16.5 Å². The minimum atomic E-state index is -0.258. The molecule has 1 aliphatic heterocycles. The Kier molecular flexibility index (Phi) is 7.70. The Morgan fingerprint density at radius 1 is 1.17 bits per heavy atom. The van der Waals surface area contributed by atoms with E-state index >= 15 is 0 Å². The molecule has 1 atom stereocenters. The lowest BCUT2D eigenvalue weighted by Crippen LogP contribution is -2.43. The van der Waals surface area contributed by atoms with Gasteiger partial charge in [-0.15, -0.1) is 0 Å². The molecule has 1 aromatic carbocycles. The number of carbonyl (C=O) groups is 1. The van der Waals surface area contributed by atoms with Crippen LogP contribution in [0.4, 0.5) is 0 Å². The maximum atomic E-state index is 13.0. The zero-order valence-corrected chi connectivity index (χ0v) is 20.7. The minimum absolute atomic E-state index is 0.0000420. The number of nitrogens with zero attached hydrogens (tertiary/aromatic N) is 2. The number of phenols is 1. The molecule has 1 saturated heterocycles. The van der Waals surface area contributed by atoms with E-state index < -0.39 is 0 Å². The number of nitrogens with two attached hydrogens (primary N) is 1. The summed E-state index contributed by atoms with van der Waals surface area (Å²) in [7, 11) is 4.08. The maximum absolute atomic E-state index is 13.0. The normalized spacial score (nSPS) is 18.0. The van der Waals surface area contributed by atoms with Gasteiger partial charge < -0.3 is 20.6 Å². The Balaban J connectivity index is 2.31. The highest BCUT2D eigenvalue weighted by molar-refractivity contribution is 8.04. The molecule has 1 unspecified atom stereocenters. The number of aromatic hydroxyl groups is 1. The van der Waals surface area contributed by atoms with Crippen molar-refractivity contribution in [1.29, 1.82) is 0 Å². The van der Waals surface area contributed by atoms with Crippen LogP contribution >= 0.6 is 11.8 Å². The van der Waals surface area contributed by atoms with Crippen molar-refractivity contribution in [2.75, 3.05) is 26.5 Å². The van der Waals surface area contributed by atoms with Crippen LogP contribution in [-0.2, 0) is 15.6 Å². The van der Waals surface area contributed by atoms with Gasteiger partial charge in [0.1, 0.15) is 5.75 Å². The van der Waals surface area contributed by atoms with E-state index in [0.717, 1.165) is 36.1 Å². The third-order valence-electron chi connectivity index (χ3n) is 5.38. The van der Waals surface area contributed by atoms with Gasteiger partial charge in [0.2, 0.25) is 0 Å². The zero-order chi connectivity index (χ0) is 22.9. The Morgan fingerprint density at radius 3 is 2.17 bits per heavy atom. The molecule has 0 spiro atoms. The highest BCUT2D eigenvalue weighted by Crippen LogP contribution is 2.41. The Hall–Kier alpha value is -1.50. The third-order valence-corrected chi connectivity index (χ3v) is 6.39. The van der Waals surface area contributed by atoms with Crippen LogP contribution in [0.5, 0.6) is 5.75 Å². The average molecular weight is 434 g/mol. The Morgan fingerprint density at radius 2 is 1.70 bits per heavy atom. The summed E-state index contributed by atoms with van der Waals surface area (Å²) in [5, 5.41) is 10.9. The lowest BCUT2D eigenvalue weighted by molar-refractivity contribution is -0.126. The smallest absolute Gasteiger partial charge is 0.262 e. The van der Waals surface area contributed by atoms with Crippen molar-refractivity contribution in [3.63, 3.8) is 0 Å². The molecule has 0 radical (unpaired) electrons. The molecule has 0 aromatic heterocycles. The average Bonchev–Trinajstić information content (AvgIpc) is 2.94. The Labute approximate surface area is 186 Å². The maximum Gasteiger partial charge on any atom is 0.262 e. The molecular formula is C24H39N3O2S. The molecule has 1 heterocycles. The lowest BCUT2D eigenvalue weighted by atomic mass is 9.78. The molecular weight excluding hydrogens is 394 g/mol. The molecule has 30 heavy (non-hydrogen) atoms. The van der Waals surface area contributed by atoms with Crippen LogP contribution < -0.4 is 5.73 Å². The SMILES string of the molecule is CN(C)CCCC(N)N1CSC(=Cc2cc(C(C)(C)C)c(O)c(C(C)(C)C)c2)C1=O. The van der Waals surface area contributed by atoms with Crippen molar-refractivity contribution in [2.45, 2.75) is 71.4 Å². The highest BCUT2D eigenvalue weighted by atomic mass is 32.2. The zero-order valence-electron chi connectivity index (χ0n) is 19.9. The first-order valence-electron chi connectivity index (χ1n) is 10.7. The topological polar surface area (TPSA) is 69.8 Å². The largest absolute Gasteiger partial charge is 0.507 e. The molecule has 0 bridgehead atoms. The van der Waals surface area contributed by atoms with Crippen LogP contribution in [0.2, 0.25) is 0 Å². The van der Waals surface area contributed by atoms with Gasteiger partial charge >= 0.3 is 0 Å². The van der Waals surface area contributed by atoms with Gasteiger partial charge in [-0.05, 0) is 68.1 Å². The molecule has 5 nitrogen and oxygen atoms in total. The number of amides is 1. The fourth-order valence-corrected chi connectivity index (χ4v) is 4.61. The van der Waals surface area contributed by atoms with Gasteiger partial charge in [0, 0.05) is 11.1 Å². The Bertz CT molecular complexity index is 769. The molecule has 6 heteroatoms. The monoisotopic (exact) mass is 433 g/mol. The second-order valence-electron chi connectivity index (χ2n) is 10.5. The summed E-state index contributed by atoms with van der Waals surface area (Å²) >= 11 is 1.54. The first-order chi connectivity index (χ1) is 13.7. The molecule has 0 saturated carbocycles. The van der Waals surface area contributed by atoms with Crippen LogP contribution in [0.25, 0.3) is 6.08 Å². The second-order valence-corrected chi connectivity index (χ2v) is 11.5. The van der Waals surface area contributed by atoms with E-state index in [1.165, 1.54) is 11.8 Å². The van der Waals surface area contributed by atoms with Crippen molar-refractivity contribution in [3.05, 3.63) is 33.7 Å². The summed E-state index contributed by atoms with van der Waals surface area (Å²) in [4.78, 5) is 17.6. The summed E-state index contributed by atoms with van der Waals surface area (Å²) in [6, 6.07) is 4.01. The quantitative estimate of drug-likeness (QED) is 0.647. The fourth-order valence-electron chi connectivity index (χ4n) is 3.56. The molecule has 1 aromatic rings. The van der Waals surface area contributed by atoms with Crippen molar-refractivity contribution in [2.24, 2.45) is 5.73 Å². The van der Waals surface area contributed by atoms with Crippen molar-refractivity contribution >= 4 is 23.7 Å². The van der Waals surface area contributed by atoms with Crippen LogP contribution in [0.1, 0.15) is 71.1 Å². The van der Waals surface area contributed by atoms with Gasteiger partial charge in [0.15, 0.2) is 0 Å². The van der Waals surface area contributed by atoms with E-state index in [-0.39, 0.29) is 22.9 Å². The minimum Gasteiger partial charge on any atom is -0.507 e. The van der Waals surface area contributed by atoms with Gasteiger partial charge in [0.25, 0.3) is 5.91 Å². The van der Waals surface area contributed by atoms with E-state index in [4.69, 9.17) is 5.73 Å².